The first-order valence-electron chi connectivity index (χ1n) is 1.00. The van der Waals surface area contributed by atoms with E-state index in [9.17, 15) is 0 Å². The van der Waals surface area contributed by atoms with E-state index in [1.54, 1.807) is 0 Å². The molecule has 0 heterocycles. The minimum Gasteiger partial charge on any atom is 0 e. The summed E-state index contributed by atoms with van der Waals surface area (Å²) in [6.07, 6.45) is 0. The summed E-state index contributed by atoms with van der Waals surface area (Å²) in [6, 6.07) is 0. The Bertz CT molecular complexity index is 236. The molecule has 0 aromatic carbocycles. The molecule has 0 bridgehead atoms. The van der Waals surface area contributed by atoms with Gasteiger partial charge in [0.1, 0.15) is 0 Å². The fourth-order valence-corrected chi connectivity index (χ4v) is 8.27. The Morgan fingerprint density at radius 2 is 1.86 bits per heavy atom. The quantitative estimate of drug-likeness (QED) is 0.568. The second-order valence-corrected chi connectivity index (χ2v) is 11.0. The van der Waals surface area contributed by atoms with E-state index in [0.29, 0.717) is 0 Å². The van der Waals surface area contributed by atoms with E-state index in [4.69, 9.17) is 0 Å². The Labute approximate surface area is 66.0 Å². The van der Waals surface area contributed by atoms with Crippen LogP contribution in [-0.2, 0) is 66.8 Å². The zero-order chi connectivity index (χ0) is 5.70. The molecule has 0 atom stereocenters. The van der Waals surface area contributed by atoms with E-state index in [1.807, 2.05) is 0 Å². The maximum atomic E-state index is 4.67. The topological polar surface area (TPSA) is 0 Å². The lowest BCUT2D eigenvalue weighted by atomic mass is 30.7. The van der Waals surface area contributed by atoms with Crippen LogP contribution in [0.2, 0.25) is 0 Å². The summed E-state index contributed by atoms with van der Waals surface area (Å²) in [5.41, 5.74) is 0. The molecule has 7 heavy (non-hydrogen) atoms. The van der Waals surface area contributed by atoms with Gasteiger partial charge in [-0.25, -0.2) is 0 Å². The van der Waals surface area contributed by atoms with Crippen molar-refractivity contribution < 1.29 is 0 Å². The van der Waals surface area contributed by atoms with E-state index in [-0.39, 0.29) is 6.57 Å². The average molecular weight is 224 g/mol. The first kappa shape index (κ1) is 8.54. The van der Waals surface area contributed by atoms with Gasteiger partial charge < -0.3 is 0 Å². The maximum absolute atomic E-state index is 4.67. The van der Waals surface area contributed by atoms with Crippen molar-refractivity contribution >= 4 is 66.8 Å². The first-order chi connectivity index (χ1) is 3.27. The molecule has 0 aliphatic rings. The lowest BCUT2D eigenvalue weighted by Gasteiger charge is -1.37. The molecule has 0 N–H and O–H groups in total. The molecule has 0 radical (unpaired) electrons. The first-order valence-corrected chi connectivity index (χ1v) is 9.00. The van der Waals surface area contributed by atoms with Crippen LogP contribution >= 0.6 is 0 Å². The maximum Gasteiger partial charge on any atom is 0 e. The standard InChI is InChI=1S/S7/c1-4-5-6-7(2)3. The highest BCUT2D eigenvalue weighted by atomic mass is 33.4. The van der Waals surface area contributed by atoms with Crippen molar-refractivity contribution in [2.45, 2.75) is 0 Å². The SMILES string of the molecule is S=S=S=S=S(=S)=S. The predicted molar refractivity (Wildman–Crippen MR) is 51.6 cm³/mol. The molecule has 0 spiro atoms. The van der Waals surface area contributed by atoms with E-state index >= 15 is 0 Å². The fourth-order valence-electron chi connectivity index (χ4n) is 0.0340. The number of hydrogen-bond donors (Lipinski definition) is 0. The fraction of sp³-hybridized carbons (Fsp3) is 0. The minimum absolute atomic E-state index is 0.357. The van der Waals surface area contributed by atoms with Crippen LogP contribution in [0.25, 0.3) is 0 Å². The highest BCUT2D eigenvalue weighted by Crippen LogP contribution is 1.37. The molecule has 0 unspecified atom stereocenters. The average Bonchev–Trinajstić information content (AvgIpc) is 1.61. The van der Waals surface area contributed by atoms with E-state index in [2.05, 4.69) is 33.6 Å². The molecule has 0 amide bonds. The Kier molecular flexibility index (Phi) is 6.92. The monoisotopic (exact) mass is 224 g/mol. The zero-order valence-corrected chi connectivity index (χ0v) is 8.57. The van der Waals surface area contributed by atoms with Gasteiger partial charge in [0.2, 0.25) is 0 Å². The van der Waals surface area contributed by atoms with Gasteiger partial charge in [0.05, 0.1) is 0 Å². The van der Waals surface area contributed by atoms with Gasteiger partial charge in [-0.05, 0) is 0 Å². The summed E-state index contributed by atoms with van der Waals surface area (Å²) in [6.45, 7) is -0.357. The third kappa shape index (κ3) is 7.54. The molecule has 0 rings (SSSR count). The van der Waals surface area contributed by atoms with E-state index in [1.165, 1.54) is 26.6 Å². The number of hydrogen-bond acceptors (Lipinski definition) is 3. The van der Waals surface area contributed by atoms with Crippen molar-refractivity contribution in [3.63, 3.8) is 0 Å². The summed E-state index contributed by atoms with van der Waals surface area (Å²) in [5.74, 6) is 0. The van der Waals surface area contributed by atoms with Gasteiger partial charge in [-0.15, -0.1) is 0 Å². The molecule has 42 valence electrons. The summed E-state index contributed by atoms with van der Waals surface area (Å²) in [4.78, 5) is 0. The zero-order valence-electron chi connectivity index (χ0n) is 2.86. The molecule has 0 aliphatic carbocycles. The predicted octanol–water partition coefficient (Wildman–Crippen LogP) is -0.0168. The highest BCUT2D eigenvalue weighted by molar-refractivity contribution is 8.73. The molecule has 7 heteroatoms. The molecular weight excluding hydrogens is 224 g/mol. The van der Waals surface area contributed by atoms with Gasteiger partial charge in [0.25, 0.3) is 0 Å². The molecule has 0 nitrogen and oxygen atoms in total. The highest BCUT2D eigenvalue weighted by Gasteiger charge is 1.37. The molecule has 0 saturated heterocycles. The van der Waals surface area contributed by atoms with Crippen molar-refractivity contribution in [1.29, 1.82) is 0 Å². The van der Waals surface area contributed by atoms with Crippen molar-refractivity contribution in [3.05, 3.63) is 0 Å². The lowest BCUT2D eigenvalue weighted by Crippen LogP contribution is -1.37. The van der Waals surface area contributed by atoms with Crippen LogP contribution in [0, 0.1) is 0 Å². The summed E-state index contributed by atoms with van der Waals surface area (Å²) in [5, 5.41) is 0. The van der Waals surface area contributed by atoms with Gasteiger partial charge in [0, 0.05) is 66.8 Å². The van der Waals surface area contributed by atoms with E-state index < -0.39 is 0 Å². The van der Waals surface area contributed by atoms with Gasteiger partial charge in [-0.1, -0.05) is 0 Å². The van der Waals surface area contributed by atoms with Crippen LogP contribution in [0.1, 0.15) is 0 Å². The van der Waals surface area contributed by atoms with E-state index in [0.717, 1.165) is 0 Å². The van der Waals surface area contributed by atoms with Gasteiger partial charge in [0.15, 0.2) is 0 Å². The molecular formula is S7. The summed E-state index contributed by atoms with van der Waals surface area (Å²) in [7, 11) is 4.20. The summed E-state index contributed by atoms with van der Waals surface area (Å²) >= 11 is 13.9. The van der Waals surface area contributed by atoms with Crippen molar-refractivity contribution in [2.75, 3.05) is 0 Å². The summed E-state index contributed by atoms with van der Waals surface area (Å²) < 4.78 is 0. The third-order valence-corrected chi connectivity index (χ3v) is 9.00. The molecule has 0 saturated carbocycles. The molecule has 0 aliphatic heterocycles. The van der Waals surface area contributed by atoms with Gasteiger partial charge >= 0.3 is 0 Å². The van der Waals surface area contributed by atoms with Crippen LogP contribution < -0.4 is 0 Å². The Hall–Kier alpha value is 1.54. The Morgan fingerprint density at radius 3 is 2.00 bits per heavy atom. The normalized spacial score (nSPS) is 6.86. The number of rotatable bonds is 0. The van der Waals surface area contributed by atoms with Crippen LogP contribution in [0.15, 0.2) is 0 Å². The third-order valence-electron chi connectivity index (χ3n) is 0.111. The van der Waals surface area contributed by atoms with Crippen molar-refractivity contribution in [2.24, 2.45) is 0 Å². The van der Waals surface area contributed by atoms with Crippen LogP contribution in [-0.4, -0.2) is 0 Å². The van der Waals surface area contributed by atoms with Crippen LogP contribution in [0.5, 0.6) is 0 Å². The van der Waals surface area contributed by atoms with Gasteiger partial charge in [-0.2, -0.15) is 0 Å². The Morgan fingerprint density at radius 1 is 1.29 bits per heavy atom. The van der Waals surface area contributed by atoms with Crippen molar-refractivity contribution in [3.8, 4) is 0 Å². The Balaban J connectivity index is 5.36. The smallest absolute Gasteiger partial charge is 0 e. The van der Waals surface area contributed by atoms with Crippen LogP contribution in [0.3, 0.4) is 0 Å². The molecule has 0 fully saturated rings. The van der Waals surface area contributed by atoms with Crippen molar-refractivity contribution in [1.82, 2.24) is 0 Å². The molecule has 0 aromatic heterocycles. The second kappa shape index (κ2) is 5.67. The van der Waals surface area contributed by atoms with Crippen LogP contribution in [0.4, 0.5) is 0 Å². The lowest BCUT2D eigenvalue weighted by molar-refractivity contribution is 6.00. The minimum atomic E-state index is -0.357. The molecule has 0 aromatic rings. The van der Waals surface area contributed by atoms with Gasteiger partial charge in [-0.3, -0.25) is 0 Å². The largest absolute Gasteiger partial charge is 0 e. The second-order valence-electron chi connectivity index (χ2n) is 0.408.